The Hall–Kier alpha value is -4.11. The number of carboxylic acids is 1. The lowest BCUT2D eigenvalue weighted by Gasteiger charge is -2.12. The molecule has 5 aromatic rings. The summed E-state index contributed by atoms with van der Waals surface area (Å²) in [6, 6.07) is 13.0. The maximum Gasteiger partial charge on any atom is 0.357 e. The van der Waals surface area contributed by atoms with Crippen molar-refractivity contribution in [3.63, 3.8) is 0 Å². The zero-order valence-corrected chi connectivity index (χ0v) is 19.2. The van der Waals surface area contributed by atoms with Crippen LogP contribution in [0.2, 0.25) is 5.02 Å². The number of hydrogen-bond acceptors (Lipinski definition) is 6. The van der Waals surface area contributed by atoms with Crippen molar-refractivity contribution in [3.05, 3.63) is 65.2 Å². The molecule has 0 spiro atoms. The van der Waals surface area contributed by atoms with Crippen LogP contribution in [0.1, 0.15) is 16.2 Å². The zero-order chi connectivity index (χ0) is 23.8. The SMILES string of the molecule is COc1ccc(Cl)c2c1cc(C)n2CCNc1cc(-c2ccc3c(C(=O)O)n[nH]c3c2)ncn1. The third kappa shape index (κ3) is 3.80. The maximum atomic E-state index is 11.3. The Bertz CT molecular complexity index is 1540. The van der Waals surface area contributed by atoms with Gasteiger partial charge in [0.2, 0.25) is 0 Å². The van der Waals surface area contributed by atoms with E-state index in [-0.39, 0.29) is 5.69 Å². The standard InChI is InChI=1S/C24H21ClN6O3/c1-13-9-16-20(34-2)6-5-17(25)23(16)31(13)8-7-26-21-11-18(27-12-28-21)14-3-4-15-19(10-14)29-30-22(15)24(32)33/h3-6,9-12H,7-8H2,1-2H3,(H,29,30)(H,32,33)(H,26,27,28). The van der Waals surface area contributed by atoms with Crippen molar-refractivity contribution in [2.24, 2.45) is 0 Å². The van der Waals surface area contributed by atoms with Crippen LogP contribution in [0.5, 0.6) is 5.75 Å². The molecule has 0 fully saturated rings. The first kappa shape index (κ1) is 21.7. The van der Waals surface area contributed by atoms with Gasteiger partial charge in [-0.3, -0.25) is 5.10 Å². The normalized spacial score (nSPS) is 11.3. The Morgan fingerprint density at radius 3 is 2.82 bits per heavy atom. The summed E-state index contributed by atoms with van der Waals surface area (Å²) < 4.78 is 7.63. The summed E-state index contributed by atoms with van der Waals surface area (Å²) in [4.78, 5) is 20.0. The molecule has 172 valence electrons. The second kappa shape index (κ2) is 8.68. The molecule has 0 saturated carbocycles. The minimum Gasteiger partial charge on any atom is -0.496 e. The van der Waals surface area contributed by atoms with Crippen molar-refractivity contribution in [1.82, 2.24) is 24.7 Å². The van der Waals surface area contributed by atoms with Gasteiger partial charge in [0.25, 0.3) is 0 Å². The van der Waals surface area contributed by atoms with E-state index in [2.05, 4.69) is 36.1 Å². The number of hydrogen-bond donors (Lipinski definition) is 3. The van der Waals surface area contributed by atoms with Crippen molar-refractivity contribution < 1.29 is 14.6 Å². The summed E-state index contributed by atoms with van der Waals surface area (Å²) in [5.74, 6) is 0.399. The van der Waals surface area contributed by atoms with Gasteiger partial charge in [0.15, 0.2) is 5.69 Å². The molecule has 0 saturated heterocycles. The predicted molar refractivity (Wildman–Crippen MR) is 131 cm³/mol. The minimum atomic E-state index is -1.07. The fourth-order valence-corrected chi connectivity index (χ4v) is 4.42. The number of aromatic amines is 1. The van der Waals surface area contributed by atoms with Gasteiger partial charge in [-0.25, -0.2) is 14.8 Å². The molecule has 0 radical (unpaired) electrons. The largest absolute Gasteiger partial charge is 0.496 e. The van der Waals surface area contributed by atoms with Gasteiger partial charge >= 0.3 is 5.97 Å². The number of rotatable bonds is 7. The lowest BCUT2D eigenvalue weighted by Crippen LogP contribution is -2.12. The lowest BCUT2D eigenvalue weighted by molar-refractivity contribution is 0.0692. The minimum absolute atomic E-state index is 0.00264. The molecule has 0 aliphatic heterocycles. The Morgan fingerprint density at radius 1 is 1.18 bits per heavy atom. The third-order valence-electron chi connectivity index (χ3n) is 5.77. The highest BCUT2D eigenvalue weighted by molar-refractivity contribution is 6.35. The number of halogens is 1. The Kier molecular flexibility index (Phi) is 5.54. The average Bonchev–Trinajstić information content (AvgIpc) is 3.41. The Morgan fingerprint density at radius 2 is 2.03 bits per heavy atom. The number of carbonyl (C=O) groups is 1. The molecule has 3 heterocycles. The van der Waals surface area contributed by atoms with Gasteiger partial charge in [0.05, 0.1) is 28.9 Å². The molecule has 34 heavy (non-hydrogen) atoms. The number of methoxy groups -OCH3 is 1. The maximum absolute atomic E-state index is 11.3. The number of benzene rings is 2. The second-order valence-electron chi connectivity index (χ2n) is 7.80. The quantitative estimate of drug-likeness (QED) is 0.310. The van der Waals surface area contributed by atoms with E-state index in [1.54, 1.807) is 13.2 Å². The number of aryl methyl sites for hydroxylation is 1. The number of nitrogens with one attached hydrogen (secondary N) is 2. The monoisotopic (exact) mass is 476 g/mol. The van der Waals surface area contributed by atoms with Gasteiger partial charge < -0.3 is 19.7 Å². The fourth-order valence-electron chi connectivity index (χ4n) is 4.16. The number of aromatic nitrogens is 5. The molecule has 0 atom stereocenters. The topological polar surface area (TPSA) is 118 Å². The number of ether oxygens (including phenoxy) is 1. The van der Waals surface area contributed by atoms with Gasteiger partial charge in [-0.2, -0.15) is 5.10 Å². The fraction of sp³-hybridized carbons (Fsp3) is 0.167. The molecule has 0 unspecified atom stereocenters. The summed E-state index contributed by atoms with van der Waals surface area (Å²) in [5.41, 5.74) is 4.19. The molecule has 5 rings (SSSR count). The van der Waals surface area contributed by atoms with Crippen LogP contribution < -0.4 is 10.1 Å². The molecule has 0 amide bonds. The lowest BCUT2D eigenvalue weighted by atomic mass is 10.1. The molecule has 10 heteroatoms. The Balaban J connectivity index is 1.35. The number of anilines is 1. The van der Waals surface area contributed by atoms with Crippen molar-refractivity contribution in [2.75, 3.05) is 19.0 Å². The van der Waals surface area contributed by atoms with Crippen LogP contribution in [0.4, 0.5) is 5.82 Å². The average molecular weight is 477 g/mol. The smallest absolute Gasteiger partial charge is 0.357 e. The highest BCUT2D eigenvalue weighted by Gasteiger charge is 2.15. The second-order valence-corrected chi connectivity index (χ2v) is 8.21. The molecule has 3 aromatic heterocycles. The highest BCUT2D eigenvalue weighted by atomic mass is 35.5. The summed E-state index contributed by atoms with van der Waals surface area (Å²) >= 11 is 6.49. The van der Waals surface area contributed by atoms with E-state index in [4.69, 9.17) is 16.3 Å². The van der Waals surface area contributed by atoms with Crippen LogP contribution in [0.3, 0.4) is 0 Å². The van der Waals surface area contributed by atoms with Gasteiger partial charge in [-0.1, -0.05) is 17.7 Å². The molecule has 2 aromatic carbocycles. The summed E-state index contributed by atoms with van der Waals surface area (Å²) in [7, 11) is 1.65. The zero-order valence-electron chi connectivity index (χ0n) is 18.5. The summed E-state index contributed by atoms with van der Waals surface area (Å²) in [6.45, 7) is 3.34. The van der Waals surface area contributed by atoms with E-state index in [1.165, 1.54) is 6.33 Å². The Labute approximate surface area is 199 Å². The number of aromatic carboxylic acids is 1. The molecule has 0 bridgehead atoms. The molecule has 0 aliphatic rings. The van der Waals surface area contributed by atoms with Gasteiger partial charge in [-0.05, 0) is 37.3 Å². The van der Waals surface area contributed by atoms with Crippen molar-refractivity contribution in [3.8, 4) is 17.0 Å². The first-order valence-corrected chi connectivity index (χ1v) is 10.9. The van der Waals surface area contributed by atoms with E-state index in [9.17, 15) is 9.90 Å². The van der Waals surface area contributed by atoms with Crippen LogP contribution in [-0.4, -0.2) is 49.5 Å². The van der Waals surface area contributed by atoms with Crippen molar-refractivity contribution in [1.29, 1.82) is 0 Å². The van der Waals surface area contributed by atoms with Crippen molar-refractivity contribution >= 4 is 45.2 Å². The summed E-state index contributed by atoms with van der Waals surface area (Å²) in [6.07, 6.45) is 1.50. The van der Waals surface area contributed by atoms with Gasteiger partial charge in [-0.15, -0.1) is 0 Å². The molecule has 3 N–H and O–H groups in total. The number of nitrogens with zero attached hydrogens (tertiary/aromatic N) is 4. The van der Waals surface area contributed by atoms with Gasteiger partial charge in [0, 0.05) is 41.2 Å². The number of H-pyrrole nitrogens is 1. The summed E-state index contributed by atoms with van der Waals surface area (Å²) in [5, 5.41) is 21.4. The predicted octanol–water partition coefficient (Wildman–Crippen LogP) is 4.76. The van der Waals surface area contributed by atoms with Crippen LogP contribution in [0.15, 0.2) is 48.8 Å². The molecule has 9 nitrogen and oxygen atoms in total. The van der Waals surface area contributed by atoms with Gasteiger partial charge in [0.1, 0.15) is 17.9 Å². The first-order chi connectivity index (χ1) is 16.5. The molecular formula is C24H21ClN6O3. The number of carboxylic acid groups (broad SMARTS) is 1. The molecular weight excluding hydrogens is 456 g/mol. The molecule has 0 aliphatic carbocycles. The third-order valence-corrected chi connectivity index (χ3v) is 6.07. The van der Waals surface area contributed by atoms with Crippen molar-refractivity contribution in [2.45, 2.75) is 13.5 Å². The van der Waals surface area contributed by atoms with E-state index < -0.39 is 5.97 Å². The number of fused-ring (bicyclic) bond motifs is 2. The van der Waals surface area contributed by atoms with E-state index in [0.717, 1.165) is 27.9 Å². The van der Waals surface area contributed by atoms with Crippen LogP contribution in [0.25, 0.3) is 33.1 Å². The van der Waals surface area contributed by atoms with Crippen LogP contribution >= 0.6 is 11.6 Å². The first-order valence-electron chi connectivity index (χ1n) is 10.6. The highest BCUT2D eigenvalue weighted by Crippen LogP contribution is 2.34. The van der Waals surface area contributed by atoms with E-state index in [0.29, 0.717) is 40.5 Å². The van der Waals surface area contributed by atoms with E-state index in [1.807, 2.05) is 37.3 Å². The van der Waals surface area contributed by atoms with E-state index >= 15 is 0 Å². The van der Waals surface area contributed by atoms with Crippen LogP contribution in [0, 0.1) is 6.92 Å². The van der Waals surface area contributed by atoms with Crippen LogP contribution in [-0.2, 0) is 6.54 Å².